The molecule has 0 spiro atoms. The van der Waals surface area contributed by atoms with Crippen LogP contribution in [0.25, 0.3) is 0 Å². The van der Waals surface area contributed by atoms with Crippen molar-refractivity contribution in [1.82, 2.24) is 10.2 Å². The number of nitrogens with zero attached hydrogens (tertiary/aromatic N) is 2. The predicted octanol–water partition coefficient (Wildman–Crippen LogP) is 4.20. The van der Waals surface area contributed by atoms with Crippen LogP contribution in [0.4, 0.5) is 5.69 Å². The van der Waals surface area contributed by atoms with Crippen LogP contribution in [0.3, 0.4) is 0 Å². The number of carbonyl (C=O) groups excluding carboxylic acids is 2. The Bertz CT molecular complexity index is 1120. The Morgan fingerprint density at radius 1 is 1.12 bits per heavy atom. The summed E-state index contributed by atoms with van der Waals surface area (Å²) in [6.45, 7) is 6.83. The number of rotatable bonds is 8. The van der Waals surface area contributed by atoms with Gasteiger partial charge in [-0.25, -0.2) is 8.42 Å². The van der Waals surface area contributed by atoms with E-state index in [0.717, 1.165) is 20.6 Å². The van der Waals surface area contributed by atoms with Crippen LogP contribution in [0, 0.1) is 0 Å². The van der Waals surface area contributed by atoms with E-state index in [1.165, 1.54) is 11.0 Å². The summed E-state index contributed by atoms with van der Waals surface area (Å²) in [5.74, 6) is -0.851. The molecule has 0 saturated carbocycles. The minimum absolute atomic E-state index is 0.129. The van der Waals surface area contributed by atoms with Crippen molar-refractivity contribution in [1.29, 1.82) is 0 Å². The molecule has 0 unspecified atom stereocenters. The molecule has 2 aromatic carbocycles. The summed E-state index contributed by atoms with van der Waals surface area (Å²) in [6.07, 6.45) is 1.02. The second-order valence-electron chi connectivity index (χ2n) is 8.82. The average molecular weight is 559 g/mol. The molecule has 1 atom stereocenters. The fraction of sp³-hybridized carbons (Fsp3) is 0.391. The predicted molar refractivity (Wildman–Crippen MR) is 136 cm³/mol. The Kier molecular flexibility index (Phi) is 8.95. The fourth-order valence-electron chi connectivity index (χ4n) is 3.13. The molecule has 2 rings (SSSR count). The zero-order chi connectivity index (χ0) is 25.0. The number of anilines is 1. The van der Waals surface area contributed by atoms with Gasteiger partial charge >= 0.3 is 0 Å². The van der Waals surface area contributed by atoms with Crippen LogP contribution >= 0.6 is 27.5 Å². The van der Waals surface area contributed by atoms with Gasteiger partial charge in [-0.2, -0.15) is 0 Å². The zero-order valence-corrected chi connectivity index (χ0v) is 22.5. The van der Waals surface area contributed by atoms with E-state index in [4.69, 9.17) is 11.6 Å². The molecule has 0 aromatic heterocycles. The number of nitrogens with one attached hydrogen (secondary N) is 1. The molecule has 7 nitrogen and oxygen atoms in total. The van der Waals surface area contributed by atoms with Crippen molar-refractivity contribution >= 4 is 55.1 Å². The Labute approximate surface area is 209 Å². The summed E-state index contributed by atoms with van der Waals surface area (Å²) in [6, 6.07) is 12.8. The van der Waals surface area contributed by atoms with Gasteiger partial charge in [-0.15, -0.1) is 0 Å². The number of amides is 2. The summed E-state index contributed by atoms with van der Waals surface area (Å²) in [7, 11) is -3.80. The lowest BCUT2D eigenvalue weighted by molar-refractivity contribution is -0.140. The van der Waals surface area contributed by atoms with Crippen molar-refractivity contribution in [3.05, 3.63) is 63.6 Å². The van der Waals surface area contributed by atoms with Crippen molar-refractivity contribution < 1.29 is 18.0 Å². The second-order valence-corrected chi connectivity index (χ2v) is 12.1. The maximum atomic E-state index is 13.5. The molecule has 0 saturated heterocycles. The summed E-state index contributed by atoms with van der Waals surface area (Å²) in [5.41, 5.74) is 0.574. The Balaban J connectivity index is 2.41. The molecule has 0 aliphatic carbocycles. The molecule has 1 N–H and O–H groups in total. The largest absolute Gasteiger partial charge is 0.350 e. The van der Waals surface area contributed by atoms with E-state index in [-0.39, 0.29) is 18.1 Å². The van der Waals surface area contributed by atoms with Crippen LogP contribution in [0.1, 0.15) is 33.3 Å². The molecule has 2 amide bonds. The molecule has 0 bridgehead atoms. The van der Waals surface area contributed by atoms with E-state index in [0.29, 0.717) is 5.02 Å². The van der Waals surface area contributed by atoms with E-state index in [1.54, 1.807) is 25.1 Å². The molecular weight excluding hydrogens is 530 g/mol. The van der Waals surface area contributed by atoms with Gasteiger partial charge < -0.3 is 10.2 Å². The van der Waals surface area contributed by atoms with Crippen LogP contribution in [0.5, 0.6) is 0 Å². The second kappa shape index (κ2) is 10.9. The molecule has 10 heteroatoms. The van der Waals surface area contributed by atoms with Gasteiger partial charge in [-0.3, -0.25) is 13.9 Å². The van der Waals surface area contributed by atoms with Gasteiger partial charge in [0.15, 0.2) is 0 Å². The number of carbonyl (C=O) groups is 2. The van der Waals surface area contributed by atoms with Crippen molar-refractivity contribution in [2.45, 2.75) is 45.8 Å². The smallest absolute Gasteiger partial charge is 0.244 e. The van der Waals surface area contributed by atoms with E-state index in [9.17, 15) is 18.0 Å². The standard InChI is InChI=1S/C23H29BrClN3O4S/c1-16(22(30)26-23(2,3)4)27(14-17-8-6-9-18(24)12-17)21(29)15-28(33(5,31)32)20-11-7-10-19(25)13-20/h6-13,16H,14-15H2,1-5H3,(H,26,30)/t16-/m0/s1. The highest BCUT2D eigenvalue weighted by molar-refractivity contribution is 9.10. The molecule has 0 fully saturated rings. The first kappa shape index (κ1) is 27.1. The molecule has 33 heavy (non-hydrogen) atoms. The van der Waals surface area contributed by atoms with E-state index in [2.05, 4.69) is 21.2 Å². The summed E-state index contributed by atoms with van der Waals surface area (Å²) in [4.78, 5) is 27.7. The first-order valence-corrected chi connectivity index (χ1v) is 13.3. The lowest BCUT2D eigenvalue weighted by Crippen LogP contribution is -2.54. The maximum Gasteiger partial charge on any atom is 0.244 e. The van der Waals surface area contributed by atoms with Crippen molar-refractivity contribution in [3.8, 4) is 0 Å². The van der Waals surface area contributed by atoms with Gasteiger partial charge in [0.2, 0.25) is 21.8 Å². The van der Waals surface area contributed by atoms with Gasteiger partial charge in [0, 0.05) is 21.6 Å². The topological polar surface area (TPSA) is 86.8 Å². The molecular formula is C23H29BrClN3O4S. The zero-order valence-electron chi connectivity index (χ0n) is 19.3. The number of hydrogen-bond donors (Lipinski definition) is 1. The first-order chi connectivity index (χ1) is 15.2. The quantitative estimate of drug-likeness (QED) is 0.526. The van der Waals surface area contributed by atoms with Crippen LogP contribution in [-0.2, 0) is 26.2 Å². The van der Waals surface area contributed by atoms with Gasteiger partial charge in [0.25, 0.3) is 0 Å². The van der Waals surface area contributed by atoms with Crippen LogP contribution in [0.2, 0.25) is 5.02 Å². The monoisotopic (exact) mass is 557 g/mol. The van der Waals surface area contributed by atoms with Crippen LogP contribution in [-0.4, -0.2) is 49.5 Å². The molecule has 180 valence electrons. The molecule has 0 aliphatic rings. The summed E-state index contributed by atoms with van der Waals surface area (Å²) >= 11 is 9.46. The Morgan fingerprint density at radius 3 is 2.30 bits per heavy atom. The highest BCUT2D eigenvalue weighted by Gasteiger charge is 2.31. The summed E-state index contributed by atoms with van der Waals surface area (Å²) in [5, 5.41) is 3.23. The molecule has 0 aliphatic heterocycles. The van der Waals surface area contributed by atoms with E-state index in [1.807, 2.05) is 45.0 Å². The number of benzene rings is 2. The Morgan fingerprint density at radius 2 is 1.76 bits per heavy atom. The molecule has 2 aromatic rings. The van der Waals surface area contributed by atoms with E-state index < -0.39 is 34.1 Å². The SMILES string of the molecule is C[C@@H](C(=O)NC(C)(C)C)N(Cc1cccc(Br)c1)C(=O)CN(c1cccc(Cl)c1)S(C)(=O)=O. The van der Waals surface area contributed by atoms with Gasteiger partial charge in [0.05, 0.1) is 11.9 Å². The maximum absolute atomic E-state index is 13.5. The van der Waals surface area contributed by atoms with Gasteiger partial charge in [-0.1, -0.05) is 45.7 Å². The fourth-order valence-corrected chi connectivity index (χ4v) is 4.61. The first-order valence-electron chi connectivity index (χ1n) is 10.3. The van der Waals surface area contributed by atoms with Crippen molar-refractivity contribution in [3.63, 3.8) is 0 Å². The van der Waals surface area contributed by atoms with Crippen molar-refractivity contribution in [2.24, 2.45) is 0 Å². The normalized spacial score (nSPS) is 12.7. The third-order valence-corrected chi connectivity index (χ3v) is 6.55. The van der Waals surface area contributed by atoms with E-state index >= 15 is 0 Å². The number of sulfonamides is 1. The lowest BCUT2D eigenvalue weighted by Gasteiger charge is -2.33. The minimum Gasteiger partial charge on any atom is -0.350 e. The molecule has 0 radical (unpaired) electrons. The minimum atomic E-state index is -3.80. The summed E-state index contributed by atoms with van der Waals surface area (Å²) < 4.78 is 26.9. The Hall–Kier alpha value is -2.10. The van der Waals surface area contributed by atoms with Crippen molar-refractivity contribution in [2.75, 3.05) is 17.1 Å². The van der Waals surface area contributed by atoms with Gasteiger partial charge in [0.1, 0.15) is 12.6 Å². The number of halogens is 2. The van der Waals surface area contributed by atoms with Crippen LogP contribution in [0.15, 0.2) is 53.0 Å². The lowest BCUT2D eigenvalue weighted by atomic mass is 10.1. The highest BCUT2D eigenvalue weighted by Crippen LogP contribution is 2.23. The van der Waals surface area contributed by atoms with Gasteiger partial charge in [-0.05, 0) is 63.6 Å². The third kappa shape index (κ3) is 8.32. The average Bonchev–Trinajstić information content (AvgIpc) is 2.67. The van der Waals surface area contributed by atoms with Crippen LogP contribution < -0.4 is 9.62 Å². The highest BCUT2D eigenvalue weighted by atomic mass is 79.9. The number of hydrogen-bond acceptors (Lipinski definition) is 4. The third-order valence-electron chi connectivity index (χ3n) is 4.68. The molecule has 0 heterocycles.